The van der Waals surface area contributed by atoms with Crippen LogP contribution in [0.15, 0.2) is 59.8 Å². The van der Waals surface area contributed by atoms with Crippen LogP contribution in [0.25, 0.3) is 5.69 Å². The number of amides is 1. The molecule has 0 spiro atoms. The van der Waals surface area contributed by atoms with E-state index in [-0.39, 0.29) is 11.9 Å². The quantitative estimate of drug-likeness (QED) is 0.584. The maximum atomic E-state index is 12.4. The number of benzene rings is 2. The van der Waals surface area contributed by atoms with Gasteiger partial charge in [-0.15, -0.1) is 10.2 Å². The van der Waals surface area contributed by atoms with E-state index in [1.165, 1.54) is 17.3 Å². The SMILES string of the molecule is Cc1ccccc1-n1c(C)nnc1SCC(=O)N[C@H](C)CCc1ccccc1. The number of rotatable bonds is 8. The molecule has 5 nitrogen and oxygen atoms in total. The molecule has 0 saturated carbocycles. The molecular formula is C22H26N4OS. The summed E-state index contributed by atoms with van der Waals surface area (Å²) in [5, 5.41) is 12.3. The van der Waals surface area contributed by atoms with Crippen molar-refractivity contribution in [3.8, 4) is 5.69 Å². The summed E-state index contributed by atoms with van der Waals surface area (Å²) < 4.78 is 2.01. The van der Waals surface area contributed by atoms with Crippen LogP contribution in [0.1, 0.15) is 30.3 Å². The van der Waals surface area contributed by atoms with Crippen molar-refractivity contribution in [3.05, 3.63) is 71.5 Å². The molecule has 3 aromatic rings. The van der Waals surface area contributed by atoms with E-state index in [2.05, 4.69) is 40.6 Å². The van der Waals surface area contributed by atoms with Crippen molar-refractivity contribution in [2.75, 3.05) is 5.75 Å². The first-order valence-electron chi connectivity index (χ1n) is 9.48. The Hall–Kier alpha value is -2.60. The average molecular weight is 395 g/mol. The number of nitrogens with zero attached hydrogens (tertiary/aromatic N) is 3. The van der Waals surface area contributed by atoms with Crippen LogP contribution in [0, 0.1) is 13.8 Å². The number of hydrogen-bond acceptors (Lipinski definition) is 4. The van der Waals surface area contributed by atoms with Gasteiger partial charge in [-0.1, -0.05) is 60.3 Å². The number of aromatic nitrogens is 3. The molecule has 0 aliphatic carbocycles. The zero-order valence-electron chi connectivity index (χ0n) is 16.6. The monoisotopic (exact) mass is 394 g/mol. The molecule has 0 bridgehead atoms. The Bertz CT molecular complexity index is 923. The van der Waals surface area contributed by atoms with E-state index in [1.807, 2.05) is 54.8 Å². The normalized spacial score (nSPS) is 12.0. The third kappa shape index (κ3) is 5.23. The number of para-hydroxylation sites is 1. The summed E-state index contributed by atoms with van der Waals surface area (Å²) in [7, 11) is 0. The average Bonchev–Trinajstić information content (AvgIpc) is 3.06. The van der Waals surface area contributed by atoms with Crippen molar-refractivity contribution in [3.63, 3.8) is 0 Å². The van der Waals surface area contributed by atoms with Gasteiger partial charge in [-0.25, -0.2) is 0 Å². The minimum Gasteiger partial charge on any atom is -0.353 e. The van der Waals surface area contributed by atoms with Crippen LogP contribution in [0.4, 0.5) is 0 Å². The molecule has 0 radical (unpaired) electrons. The molecule has 2 aromatic carbocycles. The van der Waals surface area contributed by atoms with E-state index >= 15 is 0 Å². The highest BCUT2D eigenvalue weighted by molar-refractivity contribution is 7.99. The lowest BCUT2D eigenvalue weighted by molar-refractivity contribution is -0.119. The van der Waals surface area contributed by atoms with E-state index in [9.17, 15) is 4.79 Å². The number of carbonyl (C=O) groups excluding carboxylic acids is 1. The molecule has 28 heavy (non-hydrogen) atoms. The maximum Gasteiger partial charge on any atom is 0.230 e. The third-order valence-corrected chi connectivity index (χ3v) is 5.53. The molecule has 0 aliphatic heterocycles. The van der Waals surface area contributed by atoms with Crippen molar-refractivity contribution >= 4 is 17.7 Å². The summed E-state index contributed by atoms with van der Waals surface area (Å²) in [6.45, 7) is 6.03. The fraction of sp³-hybridized carbons (Fsp3) is 0.318. The van der Waals surface area contributed by atoms with E-state index in [1.54, 1.807) is 0 Å². The fourth-order valence-corrected chi connectivity index (χ4v) is 3.88. The Balaban J connectivity index is 1.54. The summed E-state index contributed by atoms with van der Waals surface area (Å²) >= 11 is 1.41. The first-order valence-corrected chi connectivity index (χ1v) is 10.5. The van der Waals surface area contributed by atoms with Gasteiger partial charge in [0.15, 0.2) is 5.16 Å². The Kier molecular flexibility index (Phi) is 6.87. The summed E-state index contributed by atoms with van der Waals surface area (Å²) in [6, 6.07) is 18.6. The number of hydrogen-bond donors (Lipinski definition) is 1. The van der Waals surface area contributed by atoms with Gasteiger partial charge in [-0.05, 0) is 50.8 Å². The highest BCUT2D eigenvalue weighted by Gasteiger charge is 2.15. The highest BCUT2D eigenvalue weighted by atomic mass is 32.2. The minimum absolute atomic E-state index is 0.0162. The molecule has 146 valence electrons. The lowest BCUT2D eigenvalue weighted by atomic mass is 10.1. The Labute approximate surface area is 170 Å². The van der Waals surface area contributed by atoms with Crippen molar-refractivity contribution in [2.45, 2.75) is 44.8 Å². The molecule has 0 aliphatic rings. The van der Waals surface area contributed by atoms with Crippen molar-refractivity contribution in [1.82, 2.24) is 20.1 Å². The largest absolute Gasteiger partial charge is 0.353 e. The number of nitrogens with one attached hydrogen (secondary N) is 1. The zero-order chi connectivity index (χ0) is 19.9. The number of aryl methyl sites for hydroxylation is 3. The van der Waals surface area contributed by atoms with Gasteiger partial charge in [0.1, 0.15) is 5.82 Å². The van der Waals surface area contributed by atoms with Crippen LogP contribution < -0.4 is 5.32 Å². The molecule has 0 unspecified atom stereocenters. The van der Waals surface area contributed by atoms with Crippen LogP contribution in [-0.2, 0) is 11.2 Å². The lowest BCUT2D eigenvalue weighted by Gasteiger charge is -2.14. The summed E-state index contributed by atoms with van der Waals surface area (Å²) in [5.41, 5.74) is 3.48. The van der Waals surface area contributed by atoms with Crippen molar-refractivity contribution < 1.29 is 4.79 Å². The second-order valence-corrected chi connectivity index (χ2v) is 7.88. The summed E-state index contributed by atoms with van der Waals surface area (Å²) in [4.78, 5) is 12.4. The topological polar surface area (TPSA) is 59.8 Å². The van der Waals surface area contributed by atoms with Gasteiger partial charge in [-0.3, -0.25) is 9.36 Å². The smallest absolute Gasteiger partial charge is 0.230 e. The summed E-state index contributed by atoms with van der Waals surface area (Å²) in [5.74, 6) is 1.15. The van der Waals surface area contributed by atoms with Gasteiger partial charge in [0.25, 0.3) is 0 Å². The van der Waals surface area contributed by atoms with E-state index in [4.69, 9.17) is 0 Å². The van der Waals surface area contributed by atoms with Crippen LogP contribution in [0.3, 0.4) is 0 Å². The van der Waals surface area contributed by atoms with Crippen LogP contribution in [0.5, 0.6) is 0 Å². The molecule has 0 saturated heterocycles. The number of carbonyl (C=O) groups is 1. The van der Waals surface area contributed by atoms with E-state index in [0.29, 0.717) is 5.75 Å². The molecule has 6 heteroatoms. The molecule has 1 heterocycles. The molecule has 1 atom stereocenters. The predicted octanol–water partition coefficient (Wildman–Crippen LogP) is 4.11. The second-order valence-electron chi connectivity index (χ2n) is 6.93. The lowest BCUT2D eigenvalue weighted by Crippen LogP contribution is -2.34. The molecule has 1 aromatic heterocycles. The van der Waals surface area contributed by atoms with Gasteiger partial charge in [0.05, 0.1) is 11.4 Å². The first-order chi connectivity index (χ1) is 13.5. The Morgan fingerprint density at radius 3 is 2.54 bits per heavy atom. The van der Waals surface area contributed by atoms with Gasteiger partial charge in [-0.2, -0.15) is 0 Å². The standard InChI is InChI=1S/C22H26N4OS/c1-16-9-7-8-12-20(16)26-18(3)24-25-22(26)28-15-21(27)23-17(2)13-14-19-10-5-4-6-11-19/h4-12,17H,13-15H2,1-3H3,(H,23,27)/t17-/m1/s1. The van der Waals surface area contributed by atoms with Crippen molar-refractivity contribution in [2.24, 2.45) is 0 Å². The third-order valence-electron chi connectivity index (χ3n) is 4.60. The van der Waals surface area contributed by atoms with E-state index < -0.39 is 0 Å². The maximum absolute atomic E-state index is 12.4. The van der Waals surface area contributed by atoms with Gasteiger partial charge in [0.2, 0.25) is 5.91 Å². The molecule has 1 amide bonds. The zero-order valence-corrected chi connectivity index (χ0v) is 17.4. The Morgan fingerprint density at radius 2 is 1.79 bits per heavy atom. The predicted molar refractivity (Wildman–Crippen MR) is 114 cm³/mol. The Morgan fingerprint density at radius 1 is 1.07 bits per heavy atom. The molecule has 0 fully saturated rings. The second kappa shape index (κ2) is 9.55. The van der Waals surface area contributed by atoms with Gasteiger partial charge >= 0.3 is 0 Å². The van der Waals surface area contributed by atoms with E-state index in [0.717, 1.165) is 35.1 Å². The van der Waals surface area contributed by atoms with Crippen LogP contribution >= 0.6 is 11.8 Å². The van der Waals surface area contributed by atoms with Gasteiger partial charge < -0.3 is 5.32 Å². The highest BCUT2D eigenvalue weighted by Crippen LogP contribution is 2.23. The van der Waals surface area contributed by atoms with Crippen LogP contribution in [-0.4, -0.2) is 32.5 Å². The minimum atomic E-state index is 0.0162. The molecular weight excluding hydrogens is 368 g/mol. The van der Waals surface area contributed by atoms with Crippen LogP contribution in [0.2, 0.25) is 0 Å². The molecule has 3 rings (SSSR count). The molecule has 1 N–H and O–H groups in total. The van der Waals surface area contributed by atoms with Gasteiger partial charge in [0, 0.05) is 6.04 Å². The number of thioether (sulfide) groups is 1. The first kappa shape index (κ1) is 20.1. The van der Waals surface area contributed by atoms with Crippen molar-refractivity contribution in [1.29, 1.82) is 0 Å². The fourth-order valence-electron chi connectivity index (χ4n) is 3.07. The summed E-state index contributed by atoms with van der Waals surface area (Å²) in [6.07, 6.45) is 1.87.